The number of hydrogen-bond donors (Lipinski definition) is 1. The topological polar surface area (TPSA) is 52.3 Å². The number of halogens is 1. The number of nitrogens with two attached hydrogens (primary N) is 1. The molecular weight excluding hydrogens is 130 g/mol. The van der Waals surface area contributed by atoms with Crippen LogP contribution in [0.1, 0.15) is 6.92 Å². The molecule has 0 aromatic heterocycles. The molecule has 0 spiro atoms. The molecule has 1 amide bonds. The Kier molecular flexibility index (Phi) is 3.56. The molecule has 3 nitrogen and oxygen atoms in total. The van der Waals surface area contributed by atoms with Gasteiger partial charge in [-0.1, -0.05) is 11.6 Å². The fourth-order valence-corrected chi connectivity index (χ4v) is 0.366. The summed E-state index contributed by atoms with van der Waals surface area (Å²) >= 11 is 5.11. The van der Waals surface area contributed by atoms with E-state index in [1.54, 1.807) is 6.92 Å². The molecule has 48 valence electrons. The van der Waals surface area contributed by atoms with Crippen molar-refractivity contribution in [2.75, 3.05) is 6.07 Å². The van der Waals surface area contributed by atoms with Gasteiger partial charge in [-0.05, 0) is 6.92 Å². The van der Waals surface area contributed by atoms with Gasteiger partial charge in [0.25, 0.3) is 0 Å². The van der Waals surface area contributed by atoms with Crippen LogP contribution in [0.5, 0.6) is 0 Å². The molecule has 4 heteroatoms. The highest BCUT2D eigenvalue weighted by molar-refractivity contribution is 6.17. The number of carbonyl (C=O) groups is 1. The zero-order valence-electron chi connectivity index (χ0n) is 4.56. The van der Waals surface area contributed by atoms with Crippen molar-refractivity contribution in [2.45, 2.75) is 13.0 Å². The molecule has 0 aliphatic carbocycles. The monoisotopic (exact) mass is 137 g/mol. The average molecular weight is 138 g/mol. The molecule has 0 saturated heterocycles. The van der Waals surface area contributed by atoms with Gasteiger partial charge in [-0.3, -0.25) is 4.79 Å². The van der Waals surface area contributed by atoms with Crippen LogP contribution in [0.15, 0.2) is 0 Å². The summed E-state index contributed by atoms with van der Waals surface area (Å²) in [5.74, 6) is -0.495. The molecule has 8 heavy (non-hydrogen) atoms. The van der Waals surface area contributed by atoms with Crippen molar-refractivity contribution in [3.63, 3.8) is 0 Å². The third-order valence-electron chi connectivity index (χ3n) is 0.714. The van der Waals surface area contributed by atoms with Crippen molar-refractivity contribution in [3.8, 4) is 0 Å². The first-order chi connectivity index (χ1) is 3.68. The Morgan fingerprint density at radius 1 is 2.00 bits per heavy atom. The van der Waals surface area contributed by atoms with E-state index in [1.165, 1.54) is 0 Å². The zero-order valence-corrected chi connectivity index (χ0v) is 5.31. The van der Waals surface area contributed by atoms with Crippen molar-refractivity contribution in [1.82, 2.24) is 0 Å². The second-order valence-electron chi connectivity index (χ2n) is 1.32. The van der Waals surface area contributed by atoms with Gasteiger partial charge in [0.05, 0.1) is 0 Å². The molecular formula is C4H8ClNO2. The average Bonchev–Trinajstić information content (AvgIpc) is 1.67. The SMILES string of the molecule is CC(OCCl)C(N)=O. The lowest BCUT2D eigenvalue weighted by Crippen LogP contribution is -2.27. The molecule has 1 atom stereocenters. The standard InChI is InChI=1S/C4H8ClNO2/c1-3(4(6)7)8-2-5/h3H,2H2,1H3,(H2,6,7). The normalized spacial score (nSPS) is 13.2. The Morgan fingerprint density at radius 2 is 2.50 bits per heavy atom. The van der Waals surface area contributed by atoms with E-state index in [0.29, 0.717) is 0 Å². The van der Waals surface area contributed by atoms with Crippen molar-refractivity contribution in [2.24, 2.45) is 5.73 Å². The van der Waals surface area contributed by atoms with Crippen LogP contribution in [0, 0.1) is 0 Å². The van der Waals surface area contributed by atoms with Crippen LogP contribution in [-0.2, 0) is 9.53 Å². The molecule has 0 bridgehead atoms. The Morgan fingerprint density at radius 3 is 2.62 bits per heavy atom. The molecule has 0 fully saturated rings. The molecule has 0 aromatic carbocycles. The molecule has 0 rings (SSSR count). The molecule has 0 radical (unpaired) electrons. The van der Waals surface area contributed by atoms with Gasteiger partial charge in [0.2, 0.25) is 5.91 Å². The maximum atomic E-state index is 10.1. The number of ether oxygens (including phenoxy) is 1. The predicted molar refractivity (Wildman–Crippen MR) is 30.5 cm³/mol. The quantitative estimate of drug-likeness (QED) is 0.560. The van der Waals surface area contributed by atoms with Gasteiger partial charge in [-0.15, -0.1) is 0 Å². The van der Waals surface area contributed by atoms with Crippen LogP contribution >= 0.6 is 11.6 Å². The number of alkyl halides is 1. The van der Waals surface area contributed by atoms with E-state index in [2.05, 4.69) is 4.74 Å². The minimum Gasteiger partial charge on any atom is -0.367 e. The summed E-state index contributed by atoms with van der Waals surface area (Å²) in [5.41, 5.74) is 4.80. The third-order valence-corrected chi connectivity index (χ3v) is 0.840. The molecule has 0 saturated carbocycles. The minimum atomic E-state index is -0.576. The van der Waals surface area contributed by atoms with E-state index < -0.39 is 12.0 Å². The first-order valence-electron chi connectivity index (χ1n) is 2.15. The number of hydrogen-bond acceptors (Lipinski definition) is 2. The molecule has 0 aliphatic rings. The molecule has 0 aliphatic heterocycles. The molecule has 1 unspecified atom stereocenters. The molecule has 0 heterocycles. The minimum absolute atomic E-state index is 0.00407. The second kappa shape index (κ2) is 3.69. The Hall–Kier alpha value is -0.280. The number of amides is 1. The van der Waals surface area contributed by atoms with E-state index in [4.69, 9.17) is 17.3 Å². The van der Waals surface area contributed by atoms with E-state index in [9.17, 15) is 4.79 Å². The lowest BCUT2D eigenvalue weighted by Gasteiger charge is -2.03. The molecule has 0 aromatic rings. The van der Waals surface area contributed by atoms with Crippen LogP contribution in [0.2, 0.25) is 0 Å². The first kappa shape index (κ1) is 7.72. The predicted octanol–water partition coefficient (Wildman–Crippen LogP) is 0.0731. The van der Waals surface area contributed by atoms with E-state index in [-0.39, 0.29) is 6.07 Å². The fraction of sp³-hybridized carbons (Fsp3) is 0.750. The van der Waals surface area contributed by atoms with Gasteiger partial charge in [0, 0.05) is 0 Å². The maximum Gasteiger partial charge on any atom is 0.246 e. The highest BCUT2D eigenvalue weighted by Gasteiger charge is 2.05. The van der Waals surface area contributed by atoms with Gasteiger partial charge in [-0.2, -0.15) is 0 Å². The number of carbonyl (C=O) groups excluding carboxylic acids is 1. The van der Waals surface area contributed by atoms with E-state index in [0.717, 1.165) is 0 Å². The van der Waals surface area contributed by atoms with Crippen LogP contribution < -0.4 is 5.73 Å². The largest absolute Gasteiger partial charge is 0.367 e. The highest BCUT2D eigenvalue weighted by atomic mass is 35.5. The highest BCUT2D eigenvalue weighted by Crippen LogP contribution is 1.88. The Bertz CT molecular complexity index is 86.1. The van der Waals surface area contributed by atoms with Crippen molar-refractivity contribution in [1.29, 1.82) is 0 Å². The van der Waals surface area contributed by atoms with Crippen LogP contribution in [0.3, 0.4) is 0 Å². The second-order valence-corrected chi connectivity index (χ2v) is 1.54. The summed E-state index contributed by atoms with van der Waals surface area (Å²) in [6, 6.07) is 0.00407. The van der Waals surface area contributed by atoms with Gasteiger partial charge >= 0.3 is 0 Å². The third kappa shape index (κ3) is 2.82. The van der Waals surface area contributed by atoms with E-state index in [1.807, 2.05) is 0 Å². The van der Waals surface area contributed by atoms with Crippen LogP contribution in [0.4, 0.5) is 0 Å². The van der Waals surface area contributed by atoms with Gasteiger partial charge in [0.15, 0.2) is 0 Å². The van der Waals surface area contributed by atoms with E-state index >= 15 is 0 Å². The smallest absolute Gasteiger partial charge is 0.246 e. The summed E-state index contributed by atoms with van der Waals surface area (Å²) in [7, 11) is 0. The summed E-state index contributed by atoms with van der Waals surface area (Å²) in [6.07, 6.45) is -0.576. The Balaban J connectivity index is 3.32. The number of primary amides is 1. The molecule has 2 N–H and O–H groups in total. The lowest BCUT2D eigenvalue weighted by atomic mass is 10.4. The fourth-order valence-electron chi connectivity index (χ4n) is 0.177. The first-order valence-corrected chi connectivity index (χ1v) is 2.68. The lowest BCUT2D eigenvalue weighted by molar-refractivity contribution is -0.127. The van der Waals surface area contributed by atoms with Gasteiger partial charge in [-0.25, -0.2) is 0 Å². The van der Waals surface area contributed by atoms with Crippen molar-refractivity contribution in [3.05, 3.63) is 0 Å². The van der Waals surface area contributed by atoms with Crippen LogP contribution in [-0.4, -0.2) is 18.1 Å². The van der Waals surface area contributed by atoms with Crippen molar-refractivity contribution >= 4 is 17.5 Å². The summed E-state index contributed by atoms with van der Waals surface area (Å²) in [4.78, 5) is 10.1. The maximum absolute atomic E-state index is 10.1. The van der Waals surface area contributed by atoms with Gasteiger partial charge in [0.1, 0.15) is 12.2 Å². The zero-order chi connectivity index (χ0) is 6.57. The Labute approximate surface area is 52.8 Å². The summed E-state index contributed by atoms with van der Waals surface area (Å²) < 4.78 is 4.59. The van der Waals surface area contributed by atoms with Gasteiger partial charge < -0.3 is 10.5 Å². The van der Waals surface area contributed by atoms with Crippen molar-refractivity contribution < 1.29 is 9.53 Å². The van der Waals surface area contributed by atoms with Crippen LogP contribution in [0.25, 0.3) is 0 Å². The summed E-state index contributed by atoms with van der Waals surface area (Å²) in [6.45, 7) is 1.55. The number of rotatable bonds is 3. The summed E-state index contributed by atoms with van der Waals surface area (Å²) in [5, 5.41) is 0.